The van der Waals surface area contributed by atoms with Crippen molar-refractivity contribution in [2.75, 3.05) is 32.6 Å². The van der Waals surface area contributed by atoms with E-state index in [1.165, 1.54) is 0 Å². The maximum absolute atomic E-state index is 12.9. The van der Waals surface area contributed by atoms with E-state index in [-0.39, 0.29) is 11.8 Å². The molecule has 0 aliphatic carbocycles. The van der Waals surface area contributed by atoms with E-state index in [1.54, 1.807) is 32.4 Å². The number of benzene rings is 2. The highest BCUT2D eigenvalue weighted by Crippen LogP contribution is 2.31. The molecular weight excluding hydrogens is 399 g/mol. The minimum absolute atomic E-state index is 0.0264. The normalized spacial score (nSPS) is 17.2. The predicted octanol–water partition coefficient (Wildman–Crippen LogP) is 4.86. The van der Waals surface area contributed by atoms with Crippen molar-refractivity contribution in [1.29, 1.82) is 0 Å². The van der Waals surface area contributed by atoms with Crippen molar-refractivity contribution in [2.45, 2.75) is 19.4 Å². The molecule has 1 saturated heterocycles. The van der Waals surface area contributed by atoms with E-state index in [0.29, 0.717) is 40.3 Å². The Morgan fingerprint density at radius 2 is 1.93 bits per heavy atom. The second-order valence-corrected chi connectivity index (χ2v) is 7.64. The summed E-state index contributed by atoms with van der Waals surface area (Å²) in [6, 6.07) is 10.9. The van der Waals surface area contributed by atoms with Gasteiger partial charge in [-0.25, -0.2) is 0 Å². The lowest BCUT2D eigenvalue weighted by atomic mass is 9.96. The third-order valence-corrected chi connectivity index (χ3v) is 5.69. The summed E-state index contributed by atoms with van der Waals surface area (Å²) in [6.45, 7) is 2.19. The second kappa shape index (κ2) is 9.50. The zero-order valence-corrected chi connectivity index (χ0v) is 17.5. The standard InChI is InChI=1S/C21H24Cl2N2O3/c1-27-15-8-9-20(28-2)19(11-15)24-21(26)14-5-4-10-25(12-14)13-16-17(22)6-3-7-18(16)23/h3,6-9,11,14H,4-5,10,12-13H2,1-2H3,(H,24,26)/t14-/m0/s1. The number of carbonyl (C=O) groups is 1. The summed E-state index contributed by atoms with van der Waals surface area (Å²) < 4.78 is 10.6. The van der Waals surface area contributed by atoms with Gasteiger partial charge in [0.2, 0.25) is 5.91 Å². The number of amides is 1. The molecule has 1 heterocycles. The SMILES string of the molecule is COc1ccc(OC)c(NC(=O)[C@H]2CCCN(Cc3c(Cl)cccc3Cl)C2)c1. The van der Waals surface area contributed by atoms with Crippen LogP contribution in [0.1, 0.15) is 18.4 Å². The highest BCUT2D eigenvalue weighted by atomic mass is 35.5. The Balaban J connectivity index is 1.68. The quantitative estimate of drug-likeness (QED) is 0.721. The lowest BCUT2D eigenvalue weighted by Gasteiger charge is -2.32. The third-order valence-electron chi connectivity index (χ3n) is 4.98. The average molecular weight is 423 g/mol. The molecule has 28 heavy (non-hydrogen) atoms. The number of methoxy groups -OCH3 is 2. The number of piperidine rings is 1. The Morgan fingerprint density at radius 3 is 2.61 bits per heavy atom. The molecule has 0 radical (unpaired) electrons. The van der Waals surface area contributed by atoms with Crippen LogP contribution in [0.15, 0.2) is 36.4 Å². The number of carbonyl (C=O) groups excluding carboxylic acids is 1. The van der Waals surface area contributed by atoms with Crippen molar-refractivity contribution in [3.63, 3.8) is 0 Å². The first-order valence-corrected chi connectivity index (χ1v) is 9.95. The van der Waals surface area contributed by atoms with Crippen LogP contribution in [-0.2, 0) is 11.3 Å². The molecule has 0 aromatic heterocycles. The molecule has 0 unspecified atom stereocenters. The first-order valence-electron chi connectivity index (χ1n) is 9.20. The van der Waals surface area contributed by atoms with Crippen molar-refractivity contribution in [1.82, 2.24) is 4.90 Å². The van der Waals surface area contributed by atoms with Crippen LogP contribution in [0.4, 0.5) is 5.69 Å². The first kappa shape index (κ1) is 20.8. The van der Waals surface area contributed by atoms with E-state index in [4.69, 9.17) is 32.7 Å². The van der Waals surface area contributed by atoms with Crippen molar-refractivity contribution in [3.05, 3.63) is 52.0 Å². The molecule has 5 nitrogen and oxygen atoms in total. The average Bonchev–Trinajstić information content (AvgIpc) is 2.71. The molecule has 0 saturated carbocycles. The monoisotopic (exact) mass is 422 g/mol. The molecule has 1 aliphatic rings. The van der Waals surface area contributed by atoms with Gasteiger partial charge in [0.15, 0.2) is 0 Å². The number of ether oxygens (including phenoxy) is 2. The van der Waals surface area contributed by atoms with Gasteiger partial charge in [-0.1, -0.05) is 29.3 Å². The summed E-state index contributed by atoms with van der Waals surface area (Å²) in [6.07, 6.45) is 1.78. The Bertz CT molecular complexity index is 824. The molecule has 2 aromatic rings. The summed E-state index contributed by atoms with van der Waals surface area (Å²) in [5.74, 6) is 1.12. The molecule has 1 amide bonds. The topological polar surface area (TPSA) is 50.8 Å². The third kappa shape index (κ3) is 4.90. The number of halogens is 2. The van der Waals surface area contributed by atoms with Gasteiger partial charge in [0.1, 0.15) is 11.5 Å². The zero-order valence-electron chi connectivity index (χ0n) is 16.0. The summed E-state index contributed by atoms with van der Waals surface area (Å²) in [5.41, 5.74) is 1.51. The van der Waals surface area contributed by atoms with Crippen LogP contribution in [0.25, 0.3) is 0 Å². The van der Waals surface area contributed by atoms with E-state index >= 15 is 0 Å². The van der Waals surface area contributed by atoms with Crippen molar-refractivity contribution >= 4 is 34.8 Å². The van der Waals surface area contributed by atoms with Gasteiger partial charge in [0.05, 0.1) is 25.8 Å². The second-order valence-electron chi connectivity index (χ2n) is 6.83. The van der Waals surface area contributed by atoms with Gasteiger partial charge in [0.25, 0.3) is 0 Å². The van der Waals surface area contributed by atoms with Gasteiger partial charge in [-0.05, 0) is 43.7 Å². The molecule has 2 aromatic carbocycles. The zero-order chi connectivity index (χ0) is 20.1. The summed E-state index contributed by atoms with van der Waals surface area (Å²) in [4.78, 5) is 15.1. The predicted molar refractivity (Wildman–Crippen MR) is 113 cm³/mol. The van der Waals surface area contributed by atoms with E-state index in [9.17, 15) is 4.79 Å². The largest absolute Gasteiger partial charge is 0.497 e. The first-order chi connectivity index (χ1) is 13.5. The highest BCUT2D eigenvalue weighted by molar-refractivity contribution is 6.35. The number of hydrogen-bond donors (Lipinski definition) is 1. The van der Waals surface area contributed by atoms with Crippen LogP contribution in [0, 0.1) is 5.92 Å². The van der Waals surface area contributed by atoms with Crippen molar-refractivity contribution in [3.8, 4) is 11.5 Å². The van der Waals surface area contributed by atoms with Crippen LogP contribution < -0.4 is 14.8 Å². The summed E-state index contributed by atoms with van der Waals surface area (Å²) >= 11 is 12.6. The maximum atomic E-state index is 12.9. The van der Waals surface area contributed by atoms with Gasteiger partial charge in [-0.2, -0.15) is 0 Å². The molecule has 0 spiro atoms. The van der Waals surface area contributed by atoms with Crippen LogP contribution in [0.3, 0.4) is 0 Å². The number of hydrogen-bond acceptors (Lipinski definition) is 4. The minimum Gasteiger partial charge on any atom is -0.497 e. The van der Waals surface area contributed by atoms with Gasteiger partial charge >= 0.3 is 0 Å². The summed E-state index contributed by atoms with van der Waals surface area (Å²) in [7, 11) is 3.17. The van der Waals surface area contributed by atoms with Crippen LogP contribution >= 0.6 is 23.2 Å². The van der Waals surface area contributed by atoms with Crippen LogP contribution in [-0.4, -0.2) is 38.1 Å². The van der Waals surface area contributed by atoms with Gasteiger partial charge < -0.3 is 14.8 Å². The Labute approximate surface area is 175 Å². The fourth-order valence-corrected chi connectivity index (χ4v) is 3.98. The van der Waals surface area contributed by atoms with Gasteiger partial charge in [0, 0.05) is 34.8 Å². The Morgan fingerprint density at radius 1 is 1.18 bits per heavy atom. The van der Waals surface area contributed by atoms with Crippen molar-refractivity contribution in [2.24, 2.45) is 5.92 Å². The molecular formula is C21H24Cl2N2O3. The van der Waals surface area contributed by atoms with Crippen LogP contribution in [0.2, 0.25) is 10.0 Å². The highest BCUT2D eigenvalue weighted by Gasteiger charge is 2.27. The molecule has 1 fully saturated rings. The Hall–Kier alpha value is -1.95. The number of rotatable bonds is 6. The van der Waals surface area contributed by atoms with Gasteiger partial charge in [-0.3, -0.25) is 9.69 Å². The number of nitrogens with zero attached hydrogens (tertiary/aromatic N) is 1. The van der Waals surface area contributed by atoms with E-state index in [1.807, 2.05) is 18.2 Å². The number of likely N-dealkylation sites (tertiary alicyclic amines) is 1. The molecule has 1 N–H and O–H groups in total. The van der Waals surface area contributed by atoms with Crippen LogP contribution in [0.5, 0.6) is 11.5 Å². The molecule has 3 rings (SSSR count). The van der Waals surface area contributed by atoms with Gasteiger partial charge in [-0.15, -0.1) is 0 Å². The van der Waals surface area contributed by atoms with E-state index < -0.39 is 0 Å². The Kier molecular flexibility index (Phi) is 7.05. The molecule has 150 valence electrons. The fourth-order valence-electron chi connectivity index (χ4n) is 3.47. The molecule has 0 bridgehead atoms. The van der Waals surface area contributed by atoms with Crippen molar-refractivity contribution < 1.29 is 14.3 Å². The van der Waals surface area contributed by atoms with E-state index in [2.05, 4.69) is 10.2 Å². The number of anilines is 1. The fraction of sp³-hybridized carbons (Fsp3) is 0.381. The number of nitrogens with one attached hydrogen (secondary N) is 1. The lowest BCUT2D eigenvalue weighted by molar-refractivity contribution is -0.121. The maximum Gasteiger partial charge on any atom is 0.228 e. The summed E-state index contributed by atoms with van der Waals surface area (Å²) in [5, 5.41) is 4.30. The molecule has 1 atom stereocenters. The smallest absolute Gasteiger partial charge is 0.228 e. The molecule has 7 heteroatoms. The minimum atomic E-state index is -0.120. The van der Waals surface area contributed by atoms with E-state index in [0.717, 1.165) is 24.9 Å². The molecule has 1 aliphatic heterocycles. The lowest BCUT2D eigenvalue weighted by Crippen LogP contribution is -2.40.